The highest BCUT2D eigenvalue weighted by molar-refractivity contribution is 14.0. The van der Waals surface area contributed by atoms with Crippen molar-refractivity contribution in [1.82, 2.24) is 25.7 Å². The molecule has 0 aliphatic heterocycles. The predicted octanol–water partition coefficient (Wildman–Crippen LogP) is 2.64. The van der Waals surface area contributed by atoms with Crippen LogP contribution >= 0.6 is 24.0 Å². The van der Waals surface area contributed by atoms with E-state index >= 15 is 0 Å². The van der Waals surface area contributed by atoms with Gasteiger partial charge < -0.3 is 20.7 Å². The number of aryl methyl sites for hydroxylation is 1. The van der Waals surface area contributed by atoms with Gasteiger partial charge >= 0.3 is 6.09 Å². The highest BCUT2D eigenvalue weighted by Gasteiger charge is 2.21. The maximum Gasteiger partial charge on any atom is 0.407 e. The molecular formula is C18H35IN6O2. The summed E-state index contributed by atoms with van der Waals surface area (Å²) in [5, 5.41) is 13.6. The molecule has 1 aromatic heterocycles. The molecule has 0 aliphatic rings. The van der Waals surface area contributed by atoms with E-state index in [0.29, 0.717) is 19.0 Å². The Hall–Kier alpha value is -1.52. The minimum atomic E-state index is -0.515. The summed E-state index contributed by atoms with van der Waals surface area (Å²) in [5.74, 6) is 0.945. The summed E-state index contributed by atoms with van der Waals surface area (Å²) >= 11 is 0. The summed E-state index contributed by atoms with van der Waals surface area (Å²) in [4.78, 5) is 16.6. The molecule has 0 aromatic carbocycles. The molecule has 3 N–H and O–H groups in total. The van der Waals surface area contributed by atoms with Crippen LogP contribution in [-0.4, -0.2) is 46.6 Å². The molecule has 27 heavy (non-hydrogen) atoms. The lowest BCUT2D eigenvalue weighted by atomic mass is 10.0. The molecule has 0 fully saturated rings. The van der Waals surface area contributed by atoms with Crippen LogP contribution in [0.25, 0.3) is 0 Å². The van der Waals surface area contributed by atoms with Crippen LogP contribution in [0.2, 0.25) is 0 Å². The highest BCUT2D eigenvalue weighted by atomic mass is 127. The van der Waals surface area contributed by atoms with E-state index in [2.05, 4.69) is 39.9 Å². The first-order chi connectivity index (χ1) is 12.1. The van der Waals surface area contributed by atoms with E-state index in [0.717, 1.165) is 12.2 Å². The van der Waals surface area contributed by atoms with Gasteiger partial charge in [0.2, 0.25) is 0 Å². The van der Waals surface area contributed by atoms with E-state index in [4.69, 9.17) is 4.74 Å². The molecule has 1 atom stereocenters. The first-order valence-electron chi connectivity index (χ1n) is 9.11. The number of hydrogen-bond donors (Lipinski definition) is 3. The number of aromatic nitrogens is 2. The molecule has 1 amide bonds. The van der Waals surface area contributed by atoms with E-state index in [1.165, 1.54) is 0 Å². The van der Waals surface area contributed by atoms with Crippen molar-refractivity contribution >= 4 is 36.0 Å². The Morgan fingerprint density at radius 1 is 1.33 bits per heavy atom. The van der Waals surface area contributed by atoms with Crippen LogP contribution in [-0.2, 0) is 18.3 Å². The number of nitrogens with one attached hydrogen (secondary N) is 3. The Balaban J connectivity index is 0.00000676. The first kappa shape index (κ1) is 25.5. The number of aliphatic imine (C=N–C) groups is 1. The zero-order valence-corrected chi connectivity index (χ0v) is 19.8. The Labute approximate surface area is 179 Å². The second-order valence-electron chi connectivity index (χ2n) is 7.52. The molecule has 9 heteroatoms. The van der Waals surface area contributed by atoms with Gasteiger partial charge in [0.25, 0.3) is 0 Å². The molecule has 0 radical (unpaired) electrons. The Kier molecular flexibility index (Phi) is 11.4. The molecule has 0 saturated carbocycles. The van der Waals surface area contributed by atoms with Crippen LogP contribution in [0.3, 0.4) is 0 Å². The third-order valence-corrected chi connectivity index (χ3v) is 3.66. The molecule has 156 valence electrons. The monoisotopic (exact) mass is 494 g/mol. The number of halogens is 1. The maximum atomic E-state index is 12.0. The van der Waals surface area contributed by atoms with Gasteiger partial charge in [-0.15, -0.1) is 24.0 Å². The molecule has 1 aromatic rings. The van der Waals surface area contributed by atoms with Crippen molar-refractivity contribution in [1.29, 1.82) is 0 Å². The summed E-state index contributed by atoms with van der Waals surface area (Å²) in [5.41, 5.74) is 0.507. The molecule has 1 unspecified atom stereocenters. The van der Waals surface area contributed by atoms with Gasteiger partial charge in [0.05, 0.1) is 18.3 Å². The van der Waals surface area contributed by atoms with E-state index < -0.39 is 11.7 Å². The van der Waals surface area contributed by atoms with Crippen molar-refractivity contribution in [3.05, 3.63) is 18.0 Å². The van der Waals surface area contributed by atoms with Crippen molar-refractivity contribution < 1.29 is 9.53 Å². The molecule has 0 spiro atoms. The van der Waals surface area contributed by atoms with E-state index in [1.54, 1.807) is 10.9 Å². The lowest BCUT2D eigenvalue weighted by Crippen LogP contribution is -2.50. The first-order valence-corrected chi connectivity index (χ1v) is 9.11. The van der Waals surface area contributed by atoms with Crippen LogP contribution in [0.4, 0.5) is 4.79 Å². The molecule has 8 nitrogen and oxygen atoms in total. The summed E-state index contributed by atoms with van der Waals surface area (Å²) in [6.07, 6.45) is 1.35. The molecule has 0 bridgehead atoms. The van der Waals surface area contributed by atoms with Crippen molar-refractivity contribution in [3.63, 3.8) is 0 Å². The third-order valence-electron chi connectivity index (χ3n) is 3.66. The number of amides is 1. The summed E-state index contributed by atoms with van der Waals surface area (Å²) in [7, 11) is 1.89. The van der Waals surface area contributed by atoms with Crippen LogP contribution in [0.5, 0.6) is 0 Å². The highest BCUT2D eigenvalue weighted by Crippen LogP contribution is 2.08. The maximum absolute atomic E-state index is 12.0. The topological polar surface area (TPSA) is 92.6 Å². The van der Waals surface area contributed by atoms with Gasteiger partial charge in [0.1, 0.15) is 5.60 Å². The second kappa shape index (κ2) is 12.0. The minimum Gasteiger partial charge on any atom is -0.444 e. The summed E-state index contributed by atoms with van der Waals surface area (Å²) < 4.78 is 7.15. The fourth-order valence-electron chi connectivity index (χ4n) is 2.18. The molecule has 0 aliphatic carbocycles. The largest absolute Gasteiger partial charge is 0.444 e. The Morgan fingerprint density at radius 2 is 2.00 bits per heavy atom. The predicted molar refractivity (Wildman–Crippen MR) is 119 cm³/mol. The number of nitrogens with zero attached hydrogens (tertiary/aromatic N) is 3. The second-order valence-corrected chi connectivity index (χ2v) is 7.52. The SMILES string of the molecule is CCNC(=NCc1ccnn1C)NCC(NC(=O)OC(C)(C)C)C(C)C.I. The van der Waals surface area contributed by atoms with Crippen LogP contribution in [0, 0.1) is 5.92 Å². The van der Waals surface area contributed by atoms with Gasteiger partial charge in [0.15, 0.2) is 5.96 Å². The zero-order valence-electron chi connectivity index (χ0n) is 17.5. The van der Waals surface area contributed by atoms with Crippen molar-refractivity contribution in [2.24, 2.45) is 18.0 Å². The van der Waals surface area contributed by atoms with Crippen molar-refractivity contribution in [2.45, 2.75) is 59.7 Å². The lowest BCUT2D eigenvalue weighted by molar-refractivity contribution is 0.0491. The average molecular weight is 494 g/mol. The fourth-order valence-corrected chi connectivity index (χ4v) is 2.18. The summed E-state index contributed by atoms with van der Waals surface area (Å²) in [6, 6.07) is 1.86. The number of carbonyl (C=O) groups is 1. The number of hydrogen-bond acceptors (Lipinski definition) is 4. The van der Waals surface area contributed by atoms with Gasteiger partial charge in [-0.1, -0.05) is 13.8 Å². The Morgan fingerprint density at radius 3 is 2.48 bits per heavy atom. The van der Waals surface area contributed by atoms with Gasteiger partial charge in [-0.2, -0.15) is 5.10 Å². The number of guanidine groups is 1. The van der Waals surface area contributed by atoms with Gasteiger partial charge in [-0.3, -0.25) is 4.68 Å². The van der Waals surface area contributed by atoms with Gasteiger partial charge in [-0.05, 0) is 39.7 Å². The standard InChI is InChI=1S/C18H34N6O2.HI/c1-8-19-16(20-11-14-9-10-22-24(14)7)21-12-15(13(2)3)23-17(25)26-18(4,5)6;/h9-10,13,15H,8,11-12H2,1-7H3,(H,23,25)(H2,19,20,21);1H. The fraction of sp³-hybridized carbons (Fsp3) is 0.722. The Bertz CT molecular complexity index is 595. The number of carbonyl (C=O) groups excluding carboxylic acids is 1. The smallest absolute Gasteiger partial charge is 0.407 e. The molecule has 1 heterocycles. The van der Waals surface area contributed by atoms with E-state index in [1.807, 2.05) is 40.8 Å². The van der Waals surface area contributed by atoms with Crippen molar-refractivity contribution in [3.8, 4) is 0 Å². The van der Waals surface area contributed by atoms with Crippen molar-refractivity contribution in [2.75, 3.05) is 13.1 Å². The third kappa shape index (κ3) is 10.4. The van der Waals surface area contributed by atoms with E-state index in [-0.39, 0.29) is 35.9 Å². The number of alkyl carbamates (subject to hydrolysis) is 1. The van der Waals surface area contributed by atoms with Crippen LogP contribution < -0.4 is 16.0 Å². The summed E-state index contributed by atoms with van der Waals surface area (Å²) in [6.45, 7) is 13.5. The average Bonchev–Trinajstić information content (AvgIpc) is 2.91. The van der Waals surface area contributed by atoms with Crippen LogP contribution in [0.15, 0.2) is 17.3 Å². The zero-order chi connectivity index (χ0) is 19.7. The number of rotatable bonds is 7. The van der Waals surface area contributed by atoms with Gasteiger partial charge in [-0.25, -0.2) is 9.79 Å². The minimum absolute atomic E-state index is 0. The van der Waals surface area contributed by atoms with Crippen LogP contribution in [0.1, 0.15) is 47.2 Å². The molecule has 0 saturated heterocycles. The lowest BCUT2D eigenvalue weighted by Gasteiger charge is -2.26. The van der Waals surface area contributed by atoms with Gasteiger partial charge in [0, 0.05) is 26.3 Å². The quantitative estimate of drug-likeness (QED) is 0.308. The molecule has 1 rings (SSSR count). The number of ether oxygens (including phenoxy) is 1. The normalized spacial score (nSPS) is 13.0. The van der Waals surface area contributed by atoms with E-state index in [9.17, 15) is 4.79 Å². The molecular weight excluding hydrogens is 459 g/mol.